The highest BCUT2D eigenvalue weighted by atomic mass is 16.3. The topological polar surface area (TPSA) is 46.2 Å². The first kappa shape index (κ1) is 10.3. The van der Waals surface area contributed by atoms with E-state index in [4.69, 9.17) is 5.73 Å². The van der Waals surface area contributed by atoms with Gasteiger partial charge in [-0.15, -0.1) is 0 Å². The lowest BCUT2D eigenvalue weighted by molar-refractivity contribution is 0.356. The molecular weight excluding hydrogens is 186 g/mol. The number of hydrogen-bond donors (Lipinski definition) is 2. The van der Waals surface area contributed by atoms with E-state index in [0.29, 0.717) is 11.4 Å². The third kappa shape index (κ3) is 2.88. The second-order valence-electron chi connectivity index (χ2n) is 4.64. The van der Waals surface area contributed by atoms with E-state index in [9.17, 15) is 5.11 Å². The largest absolute Gasteiger partial charge is 0.508 e. The molecule has 2 rings (SSSR count). The first-order valence-corrected chi connectivity index (χ1v) is 5.82. The van der Waals surface area contributed by atoms with Crippen LogP contribution < -0.4 is 5.73 Å². The molecule has 2 heteroatoms. The zero-order valence-electron chi connectivity index (χ0n) is 9.08. The SMILES string of the molecule is Nc1cc(O)cc(CC2CCCCC2)c1. The number of benzene rings is 1. The number of anilines is 1. The Bertz CT molecular complexity index is 309. The van der Waals surface area contributed by atoms with Crippen molar-refractivity contribution in [3.05, 3.63) is 23.8 Å². The van der Waals surface area contributed by atoms with Gasteiger partial charge in [0.05, 0.1) is 0 Å². The molecular formula is C13H19NO. The van der Waals surface area contributed by atoms with Crippen LogP contribution in [0.25, 0.3) is 0 Å². The normalized spacial score (nSPS) is 17.9. The summed E-state index contributed by atoms with van der Waals surface area (Å²) in [6, 6.07) is 5.42. The average molecular weight is 205 g/mol. The summed E-state index contributed by atoms with van der Waals surface area (Å²) in [6.07, 6.45) is 7.83. The fraction of sp³-hybridized carbons (Fsp3) is 0.538. The van der Waals surface area contributed by atoms with Gasteiger partial charge in [-0.2, -0.15) is 0 Å². The lowest BCUT2D eigenvalue weighted by Crippen LogP contribution is -2.09. The van der Waals surface area contributed by atoms with E-state index in [1.165, 1.54) is 37.7 Å². The second kappa shape index (κ2) is 4.56. The molecule has 0 saturated heterocycles. The van der Waals surface area contributed by atoms with Gasteiger partial charge in [-0.1, -0.05) is 32.1 Å². The number of phenols is 1. The molecule has 1 aromatic rings. The highest BCUT2D eigenvalue weighted by Crippen LogP contribution is 2.28. The van der Waals surface area contributed by atoms with E-state index in [1.807, 2.05) is 12.1 Å². The summed E-state index contributed by atoms with van der Waals surface area (Å²) in [5.41, 5.74) is 7.55. The number of hydrogen-bond acceptors (Lipinski definition) is 2. The highest BCUT2D eigenvalue weighted by Gasteiger charge is 2.14. The van der Waals surface area contributed by atoms with Gasteiger partial charge in [0.15, 0.2) is 0 Å². The van der Waals surface area contributed by atoms with Gasteiger partial charge in [0, 0.05) is 11.8 Å². The van der Waals surface area contributed by atoms with Crippen molar-refractivity contribution in [3.63, 3.8) is 0 Å². The van der Waals surface area contributed by atoms with Gasteiger partial charge in [0.2, 0.25) is 0 Å². The van der Waals surface area contributed by atoms with Crippen LogP contribution in [0.1, 0.15) is 37.7 Å². The van der Waals surface area contributed by atoms with Crippen LogP contribution in [-0.4, -0.2) is 5.11 Å². The van der Waals surface area contributed by atoms with E-state index < -0.39 is 0 Å². The van der Waals surface area contributed by atoms with Crippen LogP contribution >= 0.6 is 0 Å². The standard InChI is InChI=1S/C13H19NO/c14-12-7-11(8-13(15)9-12)6-10-4-2-1-3-5-10/h7-10,15H,1-6,14H2. The van der Waals surface area contributed by atoms with Crippen molar-refractivity contribution in [1.82, 2.24) is 0 Å². The van der Waals surface area contributed by atoms with Crippen molar-refractivity contribution in [2.45, 2.75) is 38.5 Å². The van der Waals surface area contributed by atoms with Crippen molar-refractivity contribution in [3.8, 4) is 5.75 Å². The van der Waals surface area contributed by atoms with Crippen LogP contribution in [0, 0.1) is 5.92 Å². The number of phenolic OH excluding ortho intramolecular Hbond substituents is 1. The predicted octanol–water partition coefficient (Wildman–Crippen LogP) is 3.10. The van der Waals surface area contributed by atoms with Crippen LogP contribution in [0.2, 0.25) is 0 Å². The molecule has 0 bridgehead atoms. The van der Waals surface area contributed by atoms with Gasteiger partial charge >= 0.3 is 0 Å². The molecule has 82 valence electrons. The smallest absolute Gasteiger partial charge is 0.117 e. The molecule has 1 aliphatic rings. The summed E-state index contributed by atoms with van der Waals surface area (Å²) in [4.78, 5) is 0. The van der Waals surface area contributed by atoms with Gasteiger partial charge in [-0.05, 0) is 30.0 Å². The number of nitrogens with two attached hydrogens (primary N) is 1. The Kier molecular flexibility index (Phi) is 3.14. The zero-order chi connectivity index (χ0) is 10.7. The Morgan fingerprint density at radius 2 is 1.87 bits per heavy atom. The molecule has 15 heavy (non-hydrogen) atoms. The summed E-state index contributed by atoms with van der Waals surface area (Å²) < 4.78 is 0. The van der Waals surface area contributed by atoms with Crippen LogP contribution in [0.3, 0.4) is 0 Å². The quantitative estimate of drug-likeness (QED) is 0.729. The first-order valence-electron chi connectivity index (χ1n) is 5.82. The Labute approximate surface area is 91.1 Å². The molecule has 0 aliphatic heterocycles. The van der Waals surface area contributed by atoms with Gasteiger partial charge in [-0.25, -0.2) is 0 Å². The molecule has 3 N–H and O–H groups in total. The third-order valence-electron chi connectivity index (χ3n) is 3.25. The van der Waals surface area contributed by atoms with E-state index in [2.05, 4.69) is 0 Å². The lowest BCUT2D eigenvalue weighted by Gasteiger charge is -2.21. The maximum atomic E-state index is 9.44. The monoisotopic (exact) mass is 205 g/mol. The molecule has 0 spiro atoms. The minimum absolute atomic E-state index is 0.292. The van der Waals surface area contributed by atoms with Crippen molar-refractivity contribution in [2.75, 3.05) is 5.73 Å². The summed E-state index contributed by atoms with van der Waals surface area (Å²) in [7, 11) is 0. The Morgan fingerprint density at radius 3 is 2.53 bits per heavy atom. The predicted molar refractivity (Wildman–Crippen MR) is 62.8 cm³/mol. The van der Waals surface area contributed by atoms with Crippen LogP contribution in [0.5, 0.6) is 5.75 Å². The van der Waals surface area contributed by atoms with Gasteiger partial charge in [0.1, 0.15) is 5.75 Å². The Morgan fingerprint density at radius 1 is 1.13 bits per heavy atom. The summed E-state index contributed by atoms with van der Waals surface area (Å²) in [5.74, 6) is 1.08. The van der Waals surface area contributed by atoms with Crippen LogP contribution in [0.15, 0.2) is 18.2 Å². The van der Waals surface area contributed by atoms with Crippen molar-refractivity contribution < 1.29 is 5.11 Å². The molecule has 0 unspecified atom stereocenters. The van der Waals surface area contributed by atoms with Crippen LogP contribution in [-0.2, 0) is 6.42 Å². The number of nitrogen functional groups attached to an aromatic ring is 1. The van der Waals surface area contributed by atoms with Gasteiger partial charge in [0.25, 0.3) is 0 Å². The minimum Gasteiger partial charge on any atom is -0.508 e. The zero-order valence-corrected chi connectivity index (χ0v) is 9.08. The first-order chi connectivity index (χ1) is 7.24. The molecule has 0 aromatic heterocycles. The summed E-state index contributed by atoms with van der Waals surface area (Å²) in [5, 5.41) is 9.44. The van der Waals surface area contributed by atoms with Crippen molar-refractivity contribution in [2.24, 2.45) is 5.92 Å². The van der Waals surface area contributed by atoms with Crippen molar-refractivity contribution >= 4 is 5.69 Å². The van der Waals surface area contributed by atoms with Crippen LogP contribution in [0.4, 0.5) is 5.69 Å². The Balaban J connectivity index is 2.02. The summed E-state index contributed by atoms with van der Waals surface area (Å²) in [6.45, 7) is 0. The second-order valence-corrected chi connectivity index (χ2v) is 4.64. The fourth-order valence-corrected chi connectivity index (χ4v) is 2.54. The molecule has 1 saturated carbocycles. The number of aromatic hydroxyl groups is 1. The molecule has 0 radical (unpaired) electrons. The van der Waals surface area contributed by atoms with E-state index in [0.717, 1.165) is 12.3 Å². The number of rotatable bonds is 2. The van der Waals surface area contributed by atoms with E-state index >= 15 is 0 Å². The molecule has 2 nitrogen and oxygen atoms in total. The van der Waals surface area contributed by atoms with Crippen molar-refractivity contribution in [1.29, 1.82) is 0 Å². The minimum atomic E-state index is 0.292. The van der Waals surface area contributed by atoms with E-state index in [-0.39, 0.29) is 0 Å². The van der Waals surface area contributed by atoms with Gasteiger partial charge in [-0.3, -0.25) is 0 Å². The lowest BCUT2D eigenvalue weighted by atomic mass is 9.85. The molecule has 0 amide bonds. The van der Waals surface area contributed by atoms with Gasteiger partial charge < -0.3 is 10.8 Å². The molecule has 0 atom stereocenters. The summed E-state index contributed by atoms with van der Waals surface area (Å²) >= 11 is 0. The average Bonchev–Trinajstić information content (AvgIpc) is 2.17. The maximum Gasteiger partial charge on any atom is 0.117 e. The van der Waals surface area contributed by atoms with E-state index in [1.54, 1.807) is 6.07 Å². The third-order valence-corrected chi connectivity index (χ3v) is 3.25. The molecule has 1 aromatic carbocycles. The molecule has 1 aliphatic carbocycles. The molecule has 1 fully saturated rings. The Hall–Kier alpha value is -1.18. The molecule has 0 heterocycles. The maximum absolute atomic E-state index is 9.44. The highest BCUT2D eigenvalue weighted by molar-refractivity contribution is 5.47. The fourth-order valence-electron chi connectivity index (χ4n) is 2.54.